The van der Waals surface area contributed by atoms with Crippen LogP contribution in [0.2, 0.25) is 5.02 Å². The van der Waals surface area contributed by atoms with Gasteiger partial charge in [0.05, 0.1) is 16.6 Å². The highest BCUT2D eigenvalue weighted by Gasteiger charge is 2.14. The van der Waals surface area contributed by atoms with Crippen molar-refractivity contribution in [2.45, 2.75) is 33.2 Å². The number of aryl methyl sites for hydroxylation is 2. The zero-order valence-corrected chi connectivity index (χ0v) is 13.2. The lowest BCUT2D eigenvalue weighted by molar-refractivity contribution is 0.0939. The molecule has 0 fully saturated rings. The van der Waals surface area contributed by atoms with Crippen LogP contribution in [0.1, 0.15) is 47.1 Å². The molecule has 1 unspecified atom stereocenters. The minimum Gasteiger partial charge on any atom is -0.345 e. The van der Waals surface area contributed by atoms with Crippen LogP contribution in [0.5, 0.6) is 0 Å². The van der Waals surface area contributed by atoms with Gasteiger partial charge in [0.2, 0.25) is 0 Å². The normalized spacial score (nSPS) is 12.0. The molecule has 2 rings (SSSR count). The first-order valence-corrected chi connectivity index (χ1v) is 7.41. The summed E-state index contributed by atoms with van der Waals surface area (Å²) in [6, 6.07) is 9.85. The molecule has 0 saturated carbocycles. The van der Waals surface area contributed by atoms with Crippen molar-refractivity contribution in [3.63, 3.8) is 0 Å². The Hall–Kier alpha value is -1.87. The molecule has 21 heavy (non-hydrogen) atoms. The lowest BCUT2D eigenvalue weighted by Gasteiger charge is -2.15. The first-order chi connectivity index (χ1) is 10.0. The van der Waals surface area contributed by atoms with E-state index in [9.17, 15) is 4.79 Å². The summed E-state index contributed by atoms with van der Waals surface area (Å²) in [5, 5.41) is 3.37. The SMILES string of the molecule is CCc1ccc(C(C)NC(=O)c2cnc(C)cc2Cl)cc1. The van der Waals surface area contributed by atoms with Crippen LogP contribution in [0.3, 0.4) is 0 Å². The molecule has 0 saturated heterocycles. The van der Waals surface area contributed by atoms with Crippen molar-refractivity contribution in [1.82, 2.24) is 10.3 Å². The quantitative estimate of drug-likeness (QED) is 0.924. The average Bonchev–Trinajstić information content (AvgIpc) is 2.47. The minimum atomic E-state index is -0.209. The average molecular weight is 303 g/mol. The largest absolute Gasteiger partial charge is 0.345 e. The summed E-state index contributed by atoms with van der Waals surface area (Å²) < 4.78 is 0. The van der Waals surface area contributed by atoms with Crippen LogP contribution in [0, 0.1) is 6.92 Å². The third-order valence-corrected chi connectivity index (χ3v) is 3.78. The van der Waals surface area contributed by atoms with Crippen molar-refractivity contribution in [2.24, 2.45) is 0 Å². The maximum absolute atomic E-state index is 12.2. The fourth-order valence-electron chi connectivity index (χ4n) is 2.09. The predicted octanol–water partition coefficient (Wildman–Crippen LogP) is 4.10. The molecule has 3 nitrogen and oxygen atoms in total. The number of nitrogens with zero attached hydrogens (tertiary/aromatic N) is 1. The maximum Gasteiger partial charge on any atom is 0.254 e. The number of nitrogens with one attached hydrogen (secondary N) is 1. The number of rotatable bonds is 4. The minimum absolute atomic E-state index is 0.0826. The van der Waals surface area contributed by atoms with Gasteiger partial charge >= 0.3 is 0 Å². The molecule has 4 heteroatoms. The van der Waals surface area contributed by atoms with E-state index in [4.69, 9.17) is 11.6 Å². The molecule has 0 aliphatic carbocycles. The second-order valence-corrected chi connectivity index (χ2v) is 5.50. The third kappa shape index (κ3) is 3.82. The van der Waals surface area contributed by atoms with Crippen LogP contribution >= 0.6 is 11.6 Å². The molecule has 1 atom stereocenters. The summed E-state index contributed by atoms with van der Waals surface area (Å²) in [6.45, 7) is 5.91. The number of halogens is 1. The Morgan fingerprint density at radius 1 is 1.33 bits per heavy atom. The van der Waals surface area contributed by atoms with E-state index >= 15 is 0 Å². The Balaban J connectivity index is 2.10. The van der Waals surface area contributed by atoms with Gasteiger partial charge in [-0.25, -0.2) is 0 Å². The molecule has 0 spiro atoms. The van der Waals surface area contributed by atoms with Crippen molar-refractivity contribution in [3.05, 3.63) is 63.9 Å². The fraction of sp³-hybridized carbons (Fsp3) is 0.294. The smallest absolute Gasteiger partial charge is 0.254 e. The Morgan fingerprint density at radius 3 is 2.57 bits per heavy atom. The van der Waals surface area contributed by atoms with E-state index in [-0.39, 0.29) is 11.9 Å². The van der Waals surface area contributed by atoms with Crippen LogP contribution in [-0.4, -0.2) is 10.9 Å². The van der Waals surface area contributed by atoms with Crippen molar-refractivity contribution in [2.75, 3.05) is 0 Å². The Morgan fingerprint density at radius 2 is 2.00 bits per heavy atom. The highest BCUT2D eigenvalue weighted by atomic mass is 35.5. The van der Waals surface area contributed by atoms with Crippen LogP contribution in [0.15, 0.2) is 36.5 Å². The van der Waals surface area contributed by atoms with E-state index < -0.39 is 0 Å². The van der Waals surface area contributed by atoms with Gasteiger partial charge in [0, 0.05) is 11.9 Å². The molecular formula is C17H19ClN2O. The second kappa shape index (κ2) is 6.72. The number of carbonyl (C=O) groups is 1. The van der Waals surface area contributed by atoms with Gasteiger partial charge < -0.3 is 5.32 Å². The van der Waals surface area contributed by atoms with Crippen LogP contribution in [0.25, 0.3) is 0 Å². The van der Waals surface area contributed by atoms with Gasteiger partial charge in [0.15, 0.2) is 0 Å². The number of aromatic nitrogens is 1. The van der Waals surface area contributed by atoms with Crippen molar-refractivity contribution in [1.29, 1.82) is 0 Å². The summed E-state index contributed by atoms with van der Waals surface area (Å²) in [4.78, 5) is 16.4. The molecule has 1 aromatic heterocycles. The molecule has 0 aliphatic rings. The monoisotopic (exact) mass is 302 g/mol. The summed E-state index contributed by atoms with van der Waals surface area (Å²) in [6.07, 6.45) is 2.52. The first kappa shape index (κ1) is 15.5. The van der Waals surface area contributed by atoms with E-state index in [0.717, 1.165) is 17.7 Å². The third-order valence-electron chi connectivity index (χ3n) is 3.47. The highest BCUT2D eigenvalue weighted by Crippen LogP contribution is 2.18. The van der Waals surface area contributed by atoms with Gasteiger partial charge in [-0.2, -0.15) is 0 Å². The molecule has 0 radical (unpaired) electrons. The lowest BCUT2D eigenvalue weighted by Crippen LogP contribution is -2.27. The van der Waals surface area contributed by atoms with Gasteiger partial charge in [-0.1, -0.05) is 42.8 Å². The molecular weight excluding hydrogens is 284 g/mol. The maximum atomic E-state index is 12.2. The zero-order valence-electron chi connectivity index (χ0n) is 12.5. The molecule has 1 aromatic carbocycles. The number of amides is 1. The Kier molecular flexibility index (Phi) is 4.97. The van der Waals surface area contributed by atoms with E-state index in [1.54, 1.807) is 6.07 Å². The first-order valence-electron chi connectivity index (χ1n) is 7.03. The van der Waals surface area contributed by atoms with E-state index in [1.807, 2.05) is 26.0 Å². The Bertz CT molecular complexity index is 638. The number of benzene rings is 1. The second-order valence-electron chi connectivity index (χ2n) is 5.10. The van der Waals surface area contributed by atoms with E-state index in [1.165, 1.54) is 11.8 Å². The van der Waals surface area contributed by atoms with Crippen LogP contribution < -0.4 is 5.32 Å². The zero-order chi connectivity index (χ0) is 15.4. The summed E-state index contributed by atoms with van der Waals surface area (Å²) >= 11 is 6.09. The summed E-state index contributed by atoms with van der Waals surface area (Å²) in [7, 11) is 0. The predicted molar refractivity (Wildman–Crippen MR) is 85.7 cm³/mol. The molecule has 2 aromatic rings. The van der Waals surface area contributed by atoms with Gasteiger partial charge in [-0.05, 0) is 37.5 Å². The summed E-state index contributed by atoms with van der Waals surface area (Å²) in [5.74, 6) is -0.209. The number of pyridine rings is 1. The van der Waals surface area contributed by atoms with Crippen LogP contribution in [-0.2, 0) is 6.42 Å². The van der Waals surface area contributed by atoms with Gasteiger partial charge in [0.25, 0.3) is 5.91 Å². The lowest BCUT2D eigenvalue weighted by atomic mass is 10.0. The van der Waals surface area contributed by atoms with E-state index in [0.29, 0.717) is 10.6 Å². The van der Waals surface area contributed by atoms with Crippen molar-refractivity contribution in [3.8, 4) is 0 Å². The molecule has 0 bridgehead atoms. The summed E-state index contributed by atoms with van der Waals surface area (Å²) in [5.41, 5.74) is 3.54. The van der Waals surface area contributed by atoms with Gasteiger partial charge in [0.1, 0.15) is 0 Å². The standard InChI is InChI=1S/C17H19ClN2O/c1-4-13-5-7-14(8-6-13)12(3)20-17(21)15-10-19-11(2)9-16(15)18/h5-10,12H,4H2,1-3H3,(H,20,21). The van der Waals surface area contributed by atoms with Gasteiger partial charge in [-0.3, -0.25) is 9.78 Å². The fourth-order valence-corrected chi connectivity index (χ4v) is 2.39. The van der Waals surface area contributed by atoms with Crippen molar-refractivity contribution < 1.29 is 4.79 Å². The Labute approximate surface area is 130 Å². The molecule has 1 amide bonds. The number of carbonyl (C=O) groups excluding carboxylic acids is 1. The molecule has 0 aliphatic heterocycles. The number of hydrogen-bond donors (Lipinski definition) is 1. The molecule has 1 N–H and O–H groups in total. The topological polar surface area (TPSA) is 42.0 Å². The molecule has 110 valence electrons. The van der Waals surface area contributed by atoms with E-state index in [2.05, 4.69) is 29.4 Å². The highest BCUT2D eigenvalue weighted by molar-refractivity contribution is 6.33. The molecule has 1 heterocycles. The van der Waals surface area contributed by atoms with Crippen LogP contribution in [0.4, 0.5) is 0 Å². The van der Waals surface area contributed by atoms with Crippen molar-refractivity contribution >= 4 is 17.5 Å². The van der Waals surface area contributed by atoms with Gasteiger partial charge in [-0.15, -0.1) is 0 Å². The number of hydrogen-bond acceptors (Lipinski definition) is 2.